The predicted molar refractivity (Wildman–Crippen MR) is 48.2 cm³/mol. The minimum absolute atomic E-state index is 0.288. The van der Waals surface area contributed by atoms with E-state index >= 15 is 0 Å². The summed E-state index contributed by atoms with van der Waals surface area (Å²) >= 11 is 0. The van der Waals surface area contributed by atoms with Crippen LogP contribution in [0.15, 0.2) is 0 Å². The van der Waals surface area contributed by atoms with Crippen LogP contribution in [-0.2, 0) is 0 Å². The van der Waals surface area contributed by atoms with Crippen LogP contribution >= 0.6 is 0 Å². The first-order valence-corrected chi connectivity index (χ1v) is 4.08. The average Bonchev–Trinajstić information content (AvgIpc) is 1.96. The van der Waals surface area contributed by atoms with Crippen molar-refractivity contribution in [3.63, 3.8) is 0 Å². The summed E-state index contributed by atoms with van der Waals surface area (Å²) < 4.78 is 30.8. The average molecular weight is 146 g/mol. The van der Waals surface area contributed by atoms with E-state index < -0.39 is 18.2 Å². The topological polar surface area (TPSA) is 0 Å². The molecule has 0 aliphatic carbocycles. The van der Waals surface area contributed by atoms with E-state index in [9.17, 15) is 0 Å². The molecule has 0 saturated carbocycles. The Morgan fingerprint density at radius 3 is 1.70 bits per heavy atom. The van der Waals surface area contributed by atoms with Gasteiger partial charge in [0.25, 0.3) is 0 Å². The molecule has 0 rings (SSSR count). The highest BCUT2D eigenvalue weighted by atomic mass is 14.3. The molecule has 0 unspecified atom stereocenters. The van der Waals surface area contributed by atoms with Gasteiger partial charge in [0.2, 0.25) is 0 Å². The molecule has 0 radical (unpaired) electrons. The smallest absolute Gasteiger partial charge is 0.0269 e. The van der Waals surface area contributed by atoms with E-state index in [1.54, 1.807) is 6.92 Å². The standard InChI is InChI=1S/C10H22/c1-5-9-10(6-2,7-3)8-4/h5-9H2,1-4H3/i5D2,6D2. The van der Waals surface area contributed by atoms with E-state index in [1.807, 2.05) is 13.8 Å². The molecular formula is C10H22. The molecule has 0 aliphatic heterocycles. The molecule has 0 aromatic rings. The van der Waals surface area contributed by atoms with E-state index in [1.165, 1.54) is 6.92 Å². The normalized spacial score (nSPS) is 20.8. The molecule has 0 fully saturated rings. The third-order valence-corrected chi connectivity index (χ3v) is 2.40. The van der Waals surface area contributed by atoms with Gasteiger partial charge in [0, 0.05) is 5.48 Å². The van der Waals surface area contributed by atoms with Gasteiger partial charge in [-0.1, -0.05) is 53.3 Å². The Morgan fingerprint density at radius 2 is 1.60 bits per heavy atom. The van der Waals surface area contributed by atoms with Crippen molar-refractivity contribution >= 4 is 0 Å². The summed E-state index contributed by atoms with van der Waals surface area (Å²) in [7, 11) is 0. The highest BCUT2D eigenvalue weighted by molar-refractivity contribution is 4.73. The van der Waals surface area contributed by atoms with Gasteiger partial charge in [0.05, 0.1) is 0 Å². The van der Waals surface area contributed by atoms with Gasteiger partial charge in [-0.2, -0.15) is 0 Å². The monoisotopic (exact) mass is 146 g/mol. The Hall–Kier alpha value is 0. The minimum atomic E-state index is -1.32. The molecule has 10 heavy (non-hydrogen) atoms. The summed E-state index contributed by atoms with van der Waals surface area (Å²) in [5.74, 6) is 0. The number of rotatable bonds is 5. The summed E-state index contributed by atoms with van der Waals surface area (Å²) in [5, 5.41) is 0. The Labute approximate surface area is 71.6 Å². The molecule has 0 heteroatoms. The van der Waals surface area contributed by atoms with Crippen molar-refractivity contribution in [1.29, 1.82) is 0 Å². The molecule has 0 bridgehead atoms. The Balaban J connectivity index is 4.91. The second-order valence-electron chi connectivity index (χ2n) is 2.77. The van der Waals surface area contributed by atoms with Crippen LogP contribution in [0.25, 0.3) is 0 Å². The highest BCUT2D eigenvalue weighted by Gasteiger charge is 2.21. The summed E-state index contributed by atoms with van der Waals surface area (Å²) in [6.45, 7) is 6.97. The van der Waals surface area contributed by atoms with Crippen molar-refractivity contribution in [1.82, 2.24) is 0 Å². The second-order valence-corrected chi connectivity index (χ2v) is 2.77. The number of hydrogen-bond acceptors (Lipinski definition) is 0. The molecule has 62 valence electrons. The third-order valence-electron chi connectivity index (χ3n) is 2.40. The zero-order valence-electron chi connectivity index (χ0n) is 11.6. The van der Waals surface area contributed by atoms with Crippen LogP contribution in [0.3, 0.4) is 0 Å². The highest BCUT2D eigenvalue weighted by Crippen LogP contribution is 2.34. The van der Waals surface area contributed by atoms with Gasteiger partial charge in [-0.3, -0.25) is 0 Å². The lowest BCUT2D eigenvalue weighted by molar-refractivity contribution is 0.226. The largest absolute Gasteiger partial charge is 0.0654 e. The quantitative estimate of drug-likeness (QED) is 0.550. The molecule has 0 nitrogen and oxygen atoms in total. The maximum absolute atomic E-state index is 7.82. The number of hydrogen-bond donors (Lipinski definition) is 0. The molecule has 0 heterocycles. The Morgan fingerprint density at radius 1 is 1.10 bits per heavy atom. The van der Waals surface area contributed by atoms with Gasteiger partial charge in [-0.15, -0.1) is 0 Å². The van der Waals surface area contributed by atoms with Gasteiger partial charge in [0.15, 0.2) is 0 Å². The molecule has 0 N–H and O–H groups in total. The first-order chi connectivity index (χ1) is 6.08. The third kappa shape index (κ3) is 2.32. The lowest BCUT2D eigenvalue weighted by Gasteiger charge is -2.29. The van der Waals surface area contributed by atoms with E-state index in [0.29, 0.717) is 12.8 Å². The van der Waals surface area contributed by atoms with Crippen molar-refractivity contribution in [2.24, 2.45) is 5.41 Å². The molecule has 0 saturated heterocycles. The zero-order chi connectivity index (χ0) is 11.6. The SMILES string of the molecule is [2H]C([2H])(C)CC(CC)(CC)C([2H])([2H])C. The van der Waals surface area contributed by atoms with E-state index in [2.05, 4.69) is 0 Å². The van der Waals surface area contributed by atoms with Crippen LogP contribution in [0, 0.1) is 5.41 Å². The second kappa shape index (κ2) is 4.76. The van der Waals surface area contributed by atoms with Crippen molar-refractivity contribution in [2.45, 2.75) is 59.7 Å². The molecule has 0 spiro atoms. The lowest BCUT2D eigenvalue weighted by Crippen LogP contribution is -2.16. The molecule has 0 aliphatic rings. The molecule has 0 atom stereocenters. The maximum Gasteiger partial charge on any atom is 0.0269 e. The van der Waals surface area contributed by atoms with E-state index in [-0.39, 0.29) is 6.42 Å². The van der Waals surface area contributed by atoms with Crippen molar-refractivity contribution in [3.05, 3.63) is 0 Å². The molecule has 0 aromatic carbocycles. The minimum Gasteiger partial charge on any atom is -0.0654 e. The summed E-state index contributed by atoms with van der Waals surface area (Å²) in [6, 6.07) is 0. The van der Waals surface area contributed by atoms with Crippen LogP contribution in [-0.4, -0.2) is 0 Å². The van der Waals surface area contributed by atoms with Crippen LogP contribution in [0.5, 0.6) is 0 Å². The maximum atomic E-state index is 7.82. The van der Waals surface area contributed by atoms with Crippen LogP contribution < -0.4 is 0 Å². The van der Waals surface area contributed by atoms with Crippen molar-refractivity contribution in [2.75, 3.05) is 0 Å². The van der Waals surface area contributed by atoms with Gasteiger partial charge in [-0.25, -0.2) is 0 Å². The first-order valence-electron chi connectivity index (χ1n) is 6.08. The van der Waals surface area contributed by atoms with Gasteiger partial charge >= 0.3 is 0 Å². The van der Waals surface area contributed by atoms with Crippen molar-refractivity contribution < 1.29 is 5.48 Å². The Kier molecular flexibility index (Phi) is 2.28. The van der Waals surface area contributed by atoms with Crippen LogP contribution in [0.2, 0.25) is 0 Å². The fourth-order valence-corrected chi connectivity index (χ4v) is 1.28. The van der Waals surface area contributed by atoms with Gasteiger partial charge in [-0.05, 0) is 11.8 Å². The predicted octanol–water partition coefficient (Wildman–Crippen LogP) is 4.00. The summed E-state index contributed by atoms with van der Waals surface area (Å²) in [6.07, 6.45) is -0.966. The summed E-state index contributed by atoms with van der Waals surface area (Å²) in [4.78, 5) is 0. The molecule has 0 aromatic heterocycles. The fourth-order valence-electron chi connectivity index (χ4n) is 1.28. The first kappa shape index (κ1) is 4.79. The van der Waals surface area contributed by atoms with Gasteiger partial charge < -0.3 is 0 Å². The zero-order valence-corrected chi connectivity index (χ0v) is 7.62. The summed E-state index contributed by atoms with van der Waals surface area (Å²) in [5.41, 5.74) is -0.536. The molecular weight excluding hydrogens is 120 g/mol. The Bertz CT molecular complexity index is 172. The molecule has 0 amide bonds. The fraction of sp³-hybridized carbons (Fsp3) is 1.00. The van der Waals surface area contributed by atoms with Crippen molar-refractivity contribution in [3.8, 4) is 0 Å². The van der Waals surface area contributed by atoms with Crippen LogP contribution in [0.4, 0.5) is 0 Å². The van der Waals surface area contributed by atoms with E-state index in [0.717, 1.165) is 0 Å². The van der Waals surface area contributed by atoms with E-state index in [4.69, 9.17) is 5.48 Å². The van der Waals surface area contributed by atoms with Crippen LogP contribution in [0.1, 0.15) is 65.2 Å². The lowest BCUT2D eigenvalue weighted by atomic mass is 9.76. The van der Waals surface area contributed by atoms with Gasteiger partial charge in [0.1, 0.15) is 0 Å².